The lowest BCUT2D eigenvalue weighted by atomic mass is 10.2. The molecule has 0 aliphatic carbocycles. The van der Waals surface area contributed by atoms with Crippen molar-refractivity contribution in [2.45, 2.75) is 26.8 Å². The first-order chi connectivity index (χ1) is 7.49. The summed E-state index contributed by atoms with van der Waals surface area (Å²) in [5, 5.41) is 5.21. The fourth-order valence-corrected chi connectivity index (χ4v) is 1.19. The van der Waals surface area contributed by atoms with E-state index in [-0.39, 0.29) is 11.8 Å². The van der Waals surface area contributed by atoms with E-state index in [2.05, 4.69) is 10.6 Å². The van der Waals surface area contributed by atoms with Gasteiger partial charge in [0, 0.05) is 5.69 Å². The summed E-state index contributed by atoms with van der Waals surface area (Å²) in [6.07, 6.45) is 0. The minimum Gasteiger partial charge on any atom is -0.328 e. The van der Waals surface area contributed by atoms with Crippen LogP contribution in [0.1, 0.15) is 19.4 Å². The second kappa shape index (κ2) is 5.30. The average molecular weight is 220 g/mol. The molecule has 0 aromatic heterocycles. The molecule has 0 aliphatic rings. The Morgan fingerprint density at radius 1 is 1.31 bits per heavy atom. The van der Waals surface area contributed by atoms with Crippen LogP contribution in [-0.4, -0.2) is 17.9 Å². The Kier molecular flexibility index (Phi) is 4.05. The maximum atomic E-state index is 11.5. The Balaban J connectivity index is 2.55. The molecule has 1 atom stereocenters. The van der Waals surface area contributed by atoms with E-state index in [9.17, 15) is 9.59 Å². The maximum absolute atomic E-state index is 11.5. The zero-order valence-corrected chi connectivity index (χ0v) is 9.70. The quantitative estimate of drug-likeness (QED) is 0.819. The number of nitrogens with one attached hydrogen (secondary N) is 2. The van der Waals surface area contributed by atoms with Gasteiger partial charge in [0.25, 0.3) is 0 Å². The van der Waals surface area contributed by atoms with Crippen LogP contribution in [0.4, 0.5) is 10.5 Å². The van der Waals surface area contributed by atoms with E-state index in [1.54, 1.807) is 13.0 Å². The molecular weight excluding hydrogens is 204 g/mol. The highest BCUT2D eigenvalue weighted by Crippen LogP contribution is 2.08. The largest absolute Gasteiger partial charge is 0.328 e. The predicted molar refractivity (Wildman–Crippen MR) is 63.5 cm³/mol. The van der Waals surface area contributed by atoms with E-state index in [0.717, 1.165) is 5.56 Å². The Morgan fingerprint density at radius 3 is 2.56 bits per heavy atom. The normalized spacial score (nSPS) is 11.7. The van der Waals surface area contributed by atoms with E-state index in [0.29, 0.717) is 5.69 Å². The summed E-state index contributed by atoms with van der Waals surface area (Å²) in [6.45, 7) is 5.04. The summed E-state index contributed by atoms with van der Waals surface area (Å²) < 4.78 is 0. The summed E-state index contributed by atoms with van der Waals surface area (Å²) in [6, 6.07) is 6.63. The number of carbonyl (C=O) groups is 2. The van der Waals surface area contributed by atoms with E-state index >= 15 is 0 Å². The van der Waals surface area contributed by atoms with Gasteiger partial charge in [0.1, 0.15) is 0 Å². The molecule has 0 saturated carbocycles. The van der Waals surface area contributed by atoms with Gasteiger partial charge in [-0.25, -0.2) is 4.79 Å². The van der Waals surface area contributed by atoms with Gasteiger partial charge in [-0.1, -0.05) is 12.1 Å². The first kappa shape index (κ1) is 12.2. The molecular formula is C12H16N2O2. The third-order valence-electron chi connectivity index (χ3n) is 2.23. The molecule has 0 spiro atoms. The fourth-order valence-electron chi connectivity index (χ4n) is 1.19. The van der Waals surface area contributed by atoms with Gasteiger partial charge in [-0.05, 0) is 38.5 Å². The van der Waals surface area contributed by atoms with Gasteiger partial charge in [0.15, 0.2) is 5.78 Å². The molecule has 16 heavy (non-hydrogen) atoms. The minimum absolute atomic E-state index is 0.0700. The molecule has 1 unspecified atom stereocenters. The van der Waals surface area contributed by atoms with Crippen molar-refractivity contribution in [1.29, 1.82) is 0 Å². The van der Waals surface area contributed by atoms with E-state index in [1.807, 2.05) is 25.1 Å². The average Bonchev–Trinajstić information content (AvgIpc) is 2.16. The van der Waals surface area contributed by atoms with Crippen LogP contribution in [-0.2, 0) is 4.79 Å². The Morgan fingerprint density at radius 2 is 2.00 bits per heavy atom. The lowest BCUT2D eigenvalue weighted by Crippen LogP contribution is -2.39. The lowest BCUT2D eigenvalue weighted by molar-refractivity contribution is -0.118. The first-order valence-corrected chi connectivity index (χ1v) is 5.13. The smallest absolute Gasteiger partial charge is 0.319 e. The van der Waals surface area contributed by atoms with Crippen LogP contribution in [0.25, 0.3) is 0 Å². The third kappa shape index (κ3) is 3.73. The molecule has 0 radical (unpaired) electrons. The number of hydrogen-bond donors (Lipinski definition) is 2. The lowest BCUT2D eigenvalue weighted by Gasteiger charge is -2.11. The summed E-state index contributed by atoms with van der Waals surface area (Å²) in [7, 11) is 0. The monoisotopic (exact) mass is 220 g/mol. The maximum Gasteiger partial charge on any atom is 0.319 e. The zero-order valence-electron chi connectivity index (χ0n) is 9.70. The standard InChI is InChI=1S/C12H16N2O2/c1-8-5-4-6-11(7-8)14-12(16)13-9(2)10(3)15/h4-7,9H,1-3H3,(H2,13,14,16). The van der Waals surface area contributed by atoms with Crippen LogP contribution >= 0.6 is 0 Å². The number of amides is 2. The van der Waals surface area contributed by atoms with Gasteiger partial charge in [-0.15, -0.1) is 0 Å². The highest BCUT2D eigenvalue weighted by atomic mass is 16.2. The number of urea groups is 1. The van der Waals surface area contributed by atoms with Crippen LogP contribution < -0.4 is 10.6 Å². The molecule has 1 aromatic carbocycles. The summed E-state index contributed by atoms with van der Waals surface area (Å²) in [5.74, 6) is -0.0700. The Labute approximate surface area is 95.0 Å². The van der Waals surface area contributed by atoms with Crippen LogP contribution in [0.5, 0.6) is 0 Å². The van der Waals surface area contributed by atoms with Gasteiger partial charge in [0.05, 0.1) is 6.04 Å². The molecule has 0 heterocycles. The number of ketones is 1. The number of benzene rings is 1. The molecule has 0 bridgehead atoms. The van der Waals surface area contributed by atoms with Gasteiger partial charge >= 0.3 is 6.03 Å². The second-order valence-corrected chi connectivity index (χ2v) is 3.80. The molecule has 0 fully saturated rings. The number of hydrogen-bond acceptors (Lipinski definition) is 2. The molecule has 0 saturated heterocycles. The SMILES string of the molecule is CC(=O)C(C)NC(=O)Nc1cccc(C)c1. The number of Topliss-reactive ketones (excluding diaryl/α,β-unsaturated/α-hetero) is 1. The molecule has 0 aliphatic heterocycles. The number of carbonyl (C=O) groups excluding carboxylic acids is 2. The van der Waals surface area contributed by atoms with Crippen LogP contribution in [0, 0.1) is 6.92 Å². The third-order valence-corrected chi connectivity index (χ3v) is 2.23. The number of anilines is 1. The molecule has 4 heteroatoms. The number of aryl methyl sites for hydroxylation is 1. The minimum atomic E-state index is -0.468. The van der Waals surface area contributed by atoms with Gasteiger partial charge < -0.3 is 10.6 Å². The topological polar surface area (TPSA) is 58.2 Å². The van der Waals surface area contributed by atoms with Gasteiger partial charge in [-0.3, -0.25) is 4.79 Å². The van der Waals surface area contributed by atoms with Crippen molar-refractivity contribution in [2.75, 3.05) is 5.32 Å². The van der Waals surface area contributed by atoms with Crippen LogP contribution in [0.2, 0.25) is 0 Å². The Bertz CT molecular complexity index is 402. The Hall–Kier alpha value is -1.84. The van der Waals surface area contributed by atoms with Crippen LogP contribution in [0.3, 0.4) is 0 Å². The number of rotatable bonds is 3. The molecule has 4 nitrogen and oxygen atoms in total. The molecule has 86 valence electrons. The van der Waals surface area contributed by atoms with Crippen LogP contribution in [0.15, 0.2) is 24.3 Å². The first-order valence-electron chi connectivity index (χ1n) is 5.13. The predicted octanol–water partition coefficient (Wildman–Crippen LogP) is 2.09. The molecule has 2 amide bonds. The summed E-state index contributed by atoms with van der Waals surface area (Å²) in [5.41, 5.74) is 1.78. The molecule has 1 aromatic rings. The van der Waals surface area contributed by atoms with Gasteiger partial charge in [-0.2, -0.15) is 0 Å². The summed E-state index contributed by atoms with van der Waals surface area (Å²) in [4.78, 5) is 22.4. The van der Waals surface area contributed by atoms with E-state index in [4.69, 9.17) is 0 Å². The molecule has 2 N–H and O–H groups in total. The second-order valence-electron chi connectivity index (χ2n) is 3.80. The van der Waals surface area contributed by atoms with Crippen molar-refractivity contribution in [2.24, 2.45) is 0 Å². The van der Waals surface area contributed by atoms with Gasteiger partial charge in [0.2, 0.25) is 0 Å². The fraction of sp³-hybridized carbons (Fsp3) is 0.333. The van der Waals surface area contributed by atoms with Crippen molar-refractivity contribution in [3.05, 3.63) is 29.8 Å². The summed E-state index contributed by atoms with van der Waals surface area (Å²) >= 11 is 0. The zero-order chi connectivity index (χ0) is 12.1. The molecule has 1 rings (SSSR count). The van der Waals surface area contributed by atoms with E-state index in [1.165, 1.54) is 6.92 Å². The van der Waals surface area contributed by atoms with Crippen molar-refractivity contribution in [3.63, 3.8) is 0 Å². The van der Waals surface area contributed by atoms with E-state index < -0.39 is 6.04 Å². The van der Waals surface area contributed by atoms with Crippen molar-refractivity contribution >= 4 is 17.5 Å². The van der Waals surface area contributed by atoms with Crippen molar-refractivity contribution in [3.8, 4) is 0 Å². The highest BCUT2D eigenvalue weighted by Gasteiger charge is 2.10. The highest BCUT2D eigenvalue weighted by molar-refractivity contribution is 5.93. The van der Waals surface area contributed by atoms with Crippen molar-refractivity contribution in [1.82, 2.24) is 5.32 Å². The van der Waals surface area contributed by atoms with Crippen molar-refractivity contribution < 1.29 is 9.59 Å².